The molecule has 0 unspecified atom stereocenters. The third kappa shape index (κ3) is 11.1. The van der Waals surface area contributed by atoms with Crippen LogP contribution in [-0.2, 0) is 54.6 Å². The molecule has 2 bridgehead atoms. The monoisotopic (exact) mass is 709 g/mol. The van der Waals surface area contributed by atoms with E-state index in [9.17, 15) is 33.9 Å². The highest BCUT2D eigenvalue weighted by Gasteiger charge is 2.31. The largest absolute Gasteiger partial charge is 0.480 e. The number of nitrogens with one attached hydrogen (secondary N) is 4. The van der Waals surface area contributed by atoms with Crippen LogP contribution >= 0.6 is 11.3 Å². The summed E-state index contributed by atoms with van der Waals surface area (Å²) in [6.07, 6.45) is -0.190. The van der Waals surface area contributed by atoms with Crippen molar-refractivity contribution < 1.29 is 33.9 Å². The van der Waals surface area contributed by atoms with Crippen LogP contribution in [-0.4, -0.2) is 70.2 Å². The summed E-state index contributed by atoms with van der Waals surface area (Å²) in [5, 5.41) is 22.7. The van der Waals surface area contributed by atoms with Crippen LogP contribution in [0.3, 0.4) is 0 Å². The second kappa shape index (κ2) is 17.7. The molecule has 2 aliphatic rings. The Morgan fingerprint density at radius 2 is 1.35 bits per heavy atom. The number of benzene rings is 3. The van der Waals surface area contributed by atoms with Crippen LogP contribution < -0.4 is 21.3 Å². The third-order valence-corrected chi connectivity index (χ3v) is 9.19. The molecule has 3 atom stereocenters. The molecule has 5 N–H and O–H groups in total. The molecule has 0 saturated carbocycles. The molecule has 0 aliphatic carbocycles. The van der Waals surface area contributed by atoms with Crippen molar-refractivity contribution in [3.05, 3.63) is 124 Å². The Kier molecular flexibility index (Phi) is 12.7. The van der Waals surface area contributed by atoms with Crippen LogP contribution in [0.2, 0.25) is 0 Å². The predicted molar refractivity (Wildman–Crippen MR) is 191 cm³/mol. The molecule has 0 spiro atoms. The number of anilines is 1. The molecule has 5 amide bonds. The van der Waals surface area contributed by atoms with Crippen molar-refractivity contribution >= 4 is 52.5 Å². The summed E-state index contributed by atoms with van der Waals surface area (Å²) in [5.41, 5.74) is 2.49. The number of nitrogens with zero attached hydrogens (tertiary/aromatic N) is 1. The Labute approximate surface area is 299 Å². The van der Waals surface area contributed by atoms with Gasteiger partial charge in [0.1, 0.15) is 18.1 Å². The Balaban J connectivity index is 1.48. The SMILES string of the molecule is O=C1CCC(=O)N[C@H](Cc2cccs2)C(=O)N(Cc2ccccc2)CC(=O)N[C@H](Cc2ccccc2)C(=O)N[C@H](C(=O)O)Cc2ccc(cc2)N1. The molecule has 0 fully saturated rings. The van der Waals surface area contributed by atoms with E-state index in [1.54, 1.807) is 72.8 Å². The zero-order valence-corrected chi connectivity index (χ0v) is 28.6. The highest BCUT2D eigenvalue weighted by molar-refractivity contribution is 7.09. The fraction of sp³-hybridized carbons (Fsp3) is 0.263. The molecule has 3 heterocycles. The average molecular weight is 710 g/mol. The number of thiophene rings is 1. The number of hydrogen-bond acceptors (Lipinski definition) is 7. The van der Waals surface area contributed by atoms with E-state index < -0.39 is 60.2 Å². The van der Waals surface area contributed by atoms with Crippen molar-refractivity contribution in [3.8, 4) is 0 Å². The van der Waals surface area contributed by atoms with Gasteiger partial charge in [0.05, 0.1) is 6.54 Å². The van der Waals surface area contributed by atoms with Crippen molar-refractivity contribution in [1.82, 2.24) is 20.9 Å². The highest BCUT2D eigenvalue weighted by Crippen LogP contribution is 2.16. The lowest BCUT2D eigenvalue weighted by Gasteiger charge is -2.29. The van der Waals surface area contributed by atoms with E-state index in [-0.39, 0.29) is 38.6 Å². The van der Waals surface area contributed by atoms with Crippen LogP contribution in [0.15, 0.2) is 102 Å². The molecule has 51 heavy (non-hydrogen) atoms. The Bertz CT molecular complexity index is 1820. The Morgan fingerprint density at radius 1 is 0.706 bits per heavy atom. The molecule has 2 aliphatic heterocycles. The fourth-order valence-corrected chi connectivity index (χ4v) is 6.44. The first kappa shape index (κ1) is 36.5. The highest BCUT2D eigenvalue weighted by atomic mass is 32.1. The number of carboxylic acids is 1. The van der Waals surface area contributed by atoms with Gasteiger partial charge in [-0.2, -0.15) is 0 Å². The van der Waals surface area contributed by atoms with Crippen molar-refractivity contribution in [2.24, 2.45) is 0 Å². The zero-order valence-electron chi connectivity index (χ0n) is 27.7. The molecule has 1 aromatic heterocycles. The maximum absolute atomic E-state index is 14.3. The van der Waals surface area contributed by atoms with Crippen LogP contribution in [0.25, 0.3) is 0 Å². The summed E-state index contributed by atoms with van der Waals surface area (Å²) < 4.78 is 0. The van der Waals surface area contributed by atoms with E-state index >= 15 is 0 Å². The van der Waals surface area contributed by atoms with E-state index in [0.717, 1.165) is 16.0 Å². The van der Waals surface area contributed by atoms with Crippen LogP contribution in [0.1, 0.15) is 34.4 Å². The van der Waals surface area contributed by atoms with Gasteiger partial charge in [0.15, 0.2) is 0 Å². The van der Waals surface area contributed by atoms with Gasteiger partial charge in [-0.25, -0.2) is 4.79 Å². The predicted octanol–water partition coefficient (Wildman–Crippen LogP) is 3.08. The first-order chi connectivity index (χ1) is 24.6. The molecule has 3 aromatic carbocycles. The zero-order chi connectivity index (χ0) is 36.2. The number of aliphatic carboxylic acids is 1. The van der Waals surface area contributed by atoms with Gasteiger partial charge in [-0.05, 0) is 40.3 Å². The summed E-state index contributed by atoms with van der Waals surface area (Å²) in [6.45, 7) is -0.430. The molecular formula is C38H39N5O7S. The minimum Gasteiger partial charge on any atom is -0.480 e. The third-order valence-electron chi connectivity index (χ3n) is 8.29. The number of rotatable bonds is 7. The van der Waals surface area contributed by atoms with Crippen molar-refractivity contribution in [1.29, 1.82) is 0 Å². The standard InChI is InChI=1S/C38H39N5O7S/c44-33-17-18-34(45)41-31(22-29-12-7-19-51-29)37(48)43(23-27-10-5-2-6-11-27)24-35(46)40-30(20-25-8-3-1-4-9-25)36(47)42-32(38(49)50)21-26-13-15-28(39-33)16-14-26/h1-16,19,30-32H,17-18,20-24H2,(H,39,44)(H,40,46)(H,41,45)(H,42,47)(H,49,50)/t30-,31-,32+/m1/s1. The molecular weight excluding hydrogens is 671 g/mol. The van der Waals surface area contributed by atoms with Gasteiger partial charge in [-0.3, -0.25) is 24.0 Å². The molecule has 13 heteroatoms. The van der Waals surface area contributed by atoms with Crippen LogP contribution in [0.5, 0.6) is 0 Å². The number of hydrogen-bond donors (Lipinski definition) is 5. The lowest BCUT2D eigenvalue weighted by Crippen LogP contribution is -2.56. The summed E-state index contributed by atoms with van der Waals surface area (Å²) in [5.74, 6) is -4.09. The van der Waals surface area contributed by atoms with Gasteiger partial charge in [0, 0.05) is 49.2 Å². The summed E-state index contributed by atoms with van der Waals surface area (Å²) >= 11 is 1.42. The first-order valence-electron chi connectivity index (χ1n) is 16.5. The molecule has 0 saturated heterocycles. The minimum atomic E-state index is -1.33. The van der Waals surface area contributed by atoms with E-state index in [0.29, 0.717) is 11.3 Å². The molecule has 4 aromatic rings. The summed E-state index contributed by atoms with van der Waals surface area (Å²) in [7, 11) is 0. The summed E-state index contributed by atoms with van der Waals surface area (Å²) in [6, 6.07) is 24.6. The van der Waals surface area contributed by atoms with Gasteiger partial charge in [-0.1, -0.05) is 78.9 Å². The summed E-state index contributed by atoms with van der Waals surface area (Å²) in [4.78, 5) is 82.1. The Morgan fingerprint density at radius 3 is 2.00 bits per heavy atom. The lowest BCUT2D eigenvalue weighted by molar-refractivity contribution is -0.142. The van der Waals surface area contributed by atoms with Gasteiger partial charge in [0.2, 0.25) is 29.5 Å². The normalized spacial score (nSPS) is 19.6. The molecule has 12 nitrogen and oxygen atoms in total. The smallest absolute Gasteiger partial charge is 0.326 e. The van der Waals surface area contributed by atoms with Gasteiger partial charge in [0.25, 0.3) is 0 Å². The topological polar surface area (TPSA) is 174 Å². The van der Waals surface area contributed by atoms with E-state index in [2.05, 4.69) is 21.3 Å². The molecule has 6 rings (SSSR count). The van der Waals surface area contributed by atoms with E-state index in [1.807, 2.05) is 29.6 Å². The van der Waals surface area contributed by atoms with Gasteiger partial charge >= 0.3 is 5.97 Å². The lowest BCUT2D eigenvalue weighted by atomic mass is 10.0. The van der Waals surface area contributed by atoms with Gasteiger partial charge < -0.3 is 31.3 Å². The maximum Gasteiger partial charge on any atom is 0.326 e. The Hall–Kier alpha value is -5.82. The number of fused-ring (bicyclic) bond motifs is 18. The van der Waals surface area contributed by atoms with Crippen molar-refractivity contribution in [3.63, 3.8) is 0 Å². The number of carboxylic acid groups (broad SMARTS) is 1. The minimum absolute atomic E-state index is 0.0279. The number of amides is 5. The second-order valence-corrected chi connectivity index (χ2v) is 13.3. The van der Waals surface area contributed by atoms with Crippen LogP contribution in [0, 0.1) is 0 Å². The van der Waals surface area contributed by atoms with Crippen molar-refractivity contribution in [2.75, 3.05) is 11.9 Å². The maximum atomic E-state index is 14.3. The van der Waals surface area contributed by atoms with E-state index in [4.69, 9.17) is 0 Å². The quantitative estimate of drug-likeness (QED) is 0.184. The van der Waals surface area contributed by atoms with Gasteiger partial charge in [-0.15, -0.1) is 11.3 Å². The van der Waals surface area contributed by atoms with Crippen molar-refractivity contribution in [2.45, 2.75) is 56.8 Å². The number of carbonyl (C=O) groups is 6. The average Bonchev–Trinajstić information content (AvgIpc) is 3.64. The number of carbonyl (C=O) groups excluding carboxylic acids is 5. The van der Waals surface area contributed by atoms with E-state index in [1.165, 1.54) is 16.2 Å². The first-order valence-corrected chi connectivity index (χ1v) is 17.4. The molecule has 0 radical (unpaired) electrons. The fourth-order valence-electron chi connectivity index (χ4n) is 5.69. The molecule has 264 valence electrons. The van der Waals surface area contributed by atoms with Crippen LogP contribution in [0.4, 0.5) is 5.69 Å². The second-order valence-electron chi connectivity index (χ2n) is 12.2.